The van der Waals surface area contributed by atoms with E-state index >= 15 is 0 Å². The molecule has 0 unspecified atom stereocenters. The van der Waals surface area contributed by atoms with Crippen molar-refractivity contribution < 1.29 is 13.9 Å². The molecule has 1 N–H and O–H groups in total. The van der Waals surface area contributed by atoms with Crippen molar-refractivity contribution in [2.75, 3.05) is 34.3 Å². The molecular formula is C16H20N2O4. The van der Waals surface area contributed by atoms with E-state index in [1.165, 1.54) is 13.2 Å². The fraction of sp³-hybridized carbons (Fsp3) is 0.375. The summed E-state index contributed by atoms with van der Waals surface area (Å²) in [6.07, 6.45) is 0.839. The zero-order valence-corrected chi connectivity index (χ0v) is 13.0. The van der Waals surface area contributed by atoms with Gasteiger partial charge in [0.1, 0.15) is 11.3 Å². The molecule has 0 fully saturated rings. The van der Waals surface area contributed by atoms with Gasteiger partial charge in [0.15, 0.2) is 0 Å². The highest BCUT2D eigenvalue weighted by Crippen LogP contribution is 2.22. The molecule has 0 bridgehead atoms. The Balaban J connectivity index is 2.22. The van der Waals surface area contributed by atoms with Crippen molar-refractivity contribution in [1.29, 1.82) is 0 Å². The maximum atomic E-state index is 12.3. The summed E-state index contributed by atoms with van der Waals surface area (Å²) in [6.45, 7) is 1.43. The van der Waals surface area contributed by atoms with Gasteiger partial charge in [0, 0.05) is 24.1 Å². The summed E-state index contributed by atoms with van der Waals surface area (Å²) in [7, 11) is 5.48. The van der Waals surface area contributed by atoms with E-state index in [0.29, 0.717) is 28.8 Å². The van der Waals surface area contributed by atoms with Crippen LogP contribution in [0.15, 0.2) is 33.5 Å². The second-order valence-corrected chi connectivity index (χ2v) is 5.25. The van der Waals surface area contributed by atoms with Crippen LogP contribution in [-0.4, -0.2) is 45.1 Å². The fourth-order valence-electron chi connectivity index (χ4n) is 2.15. The number of carbonyl (C=O) groups excluding carboxylic acids is 1. The fourth-order valence-corrected chi connectivity index (χ4v) is 2.15. The molecule has 22 heavy (non-hydrogen) atoms. The molecule has 0 saturated heterocycles. The van der Waals surface area contributed by atoms with E-state index in [-0.39, 0.29) is 5.91 Å². The van der Waals surface area contributed by atoms with E-state index in [1.54, 1.807) is 18.2 Å². The highest BCUT2D eigenvalue weighted by atomic mass is 16.5. The molecule has 0 aliphatic rings. The van der Waals surface area contributed by atoms with Crippen LogP contribution in [0.5, 0.6) is 5.75 Å². The van der Waals surface area contributed by atoms with Gasteiger partial charge in [0.05, 0.1) is 12.7 Å². The molecule has 1 amide bonds. The van der Waals surface area contributed by atoms with E-state index in [9.17, 15) is 9.59 Å². The standard InChI is InChI=1S/C16H20N2O4/c1-18(2)8-4-7-17-16(20)13-10-15(19)22-14-9-11(21-3)5-6-12(13)14/h5-6,9-10H,4,7-8H2,1-3H3,(H,17,20). The third kappa shape index (κ3) is 3.85. The van der Waals surface area contributed by atoms with Gasteiger partial charge in [-0.15, -0.1) is 0 Å². The average molecular weight is 304 g/mol. The highest BCUT2D eigenvalue weighted by molar-refractivity contribution is 6.05. The van der Waals surface area contributed by atoms with E-state index in [1.807, 2.05) is 19.0 Å². The Bertz CT molecular complexity index is 722. The predicted molar refractivity (Wildman–Crippen MR) is 84.5 cm³/mol. The molecule has 0 radical (unpaired) electrons. The first kappa shape index (κ1) is 16.0. The molecule has 0 atom stereocenters. The van der Waals surface area contributed by atoms with Crippen LogP contribution in [0.1, 0.15) is 16.8 Å². The molecule has 0 saturated carbocycles. The number of hydrogen-bond acceptors (Lipinski definition) is 5. The lowest BCUT2D eigenvalue weighted by Crippen LogP contribution is -2.28. The lowest BCUT2D eigenvalue weighted by molar-refractivity contribution is 0.0953. The molecule has 0 spiro atoms. The number of methoxy groups -OCH3 is 1. The maximum Gasteiger partial charge on any atom is 0.337 e. The van der Waals surface area contributed by atoms with Gasteiger partial charge in [-0.3, -0.25) is 4.79 Å². The van der Waals surface area contributed by atoms with Crippen LogP contribution in [0.2, 0.25) is 0 Å². The van der Waals surface area contributed by atoms with Crippen LogP contribution in [0.25, 0.3) is 11.0 Å². The van der Waals surface area contributed by atoms with Gasteiger partial charge in [0.2, 0.25) is 0 Å². The molecule has 2 aromatic rings. The van der Waals surface area contributed by atoms with Gasteiger partial charge in [0.25, 0.3) is 5.91 Å². The summed E-state index contributed by atoms with van der Waals surface area (Å²) < 4.78 is 10.2. The molecule has 1 heterocycles. The molecule has 118 valence electrons. The number of nitrogens with one attached hydrogen (secondary N) is 1. The number of carbonyl (C=O) groups is 1. The van der Waals surface area contributed by atoms with Crippen molar-refractivity contribution in [1.82, 2.24) is 10.2 Å². The van der Waals surface area contributed by atoms with Crippen LogP contribution in [-0.2, 0) is 0 Å². The number of rotatable bonds is 6. The maximum absolute atomic E-state index is 12.3. The quantitative estimate of drug-likeness (QED) is 0.646. The Morgan fingerprint density at radius 3 is 2.77 bits per heavy atom. The average Bonchev–Trinajstić information content (AvgIpc) is 2.49. The third-order valence-corrected chi connectivity index (χ3v) is 3.26. The molecule has 0 aliphatic carbocycles. The first-order chi connectivity index (χ1) is 10.5. The molecule has 1 aromatic heterocycles. The Labute approximate surface area is 128 Å². The normalized spacial score (nSPS) is 10.9. The SMILES string of the molecule is COc1ccc2c(C(=O)NCCCN(C)C)cc(=O)oc2c1. The second kappa shape index (κ2) is 7.09. The van der Waals surface area contributed by atoms with Gasteiger partial charge < -0.3 is 19.4 Å². The molecule has 0 aliphatic heterocycles. The van der Waals surface area contributed by atoms with E-state index < -0.39 is 5.63 Å². The van der Waals surface area contributed by atoms with E-state index in [2.05, 4.69) is 5.32 Å². The summed E-state index contributed by atoms with van der Waals surface area (Å²) in [5, 5.41) is 3.41. The third-order valence-electron chi connectivity index (χ3n) is 3.26. The van der Waals surface area contributed by atoms with Crippen molar-refractivity contribution in [3.05, 3.63) is 40.2 Å². The predicted octanol–water partition coefficient (Wildman–Crippen LogP) is 1.48. The van der Waals surface area contributed by atoms with E-state index in [4.69, 9.17) is 9.15 Å². The lowest BCUT2D eigenvalue weighted by atomic mass is 10.1. The summed E-state index contributed by atoms with van der Waals surface area (Å²) in [4.78, 5) is 26.0. The van der Waals surface area contributed by atoms with E-state index in [0.717, 1.165) is 13.0 Å². The number of fused-ring (bicyclic) bond motifs is 1. The Morgan fingerprint density at radius 1 is 1.32 bits per heavy atom. The minimum Gasteiger partial charge on any atom is -0.497 e. The number of ether oxygens (including phenoxy) is 1. The Morgan fingerprint density at radius 2 is 2.09 bits per heavy atom. The minimum atomic E-state index is -0.556. The summed E-state index contributed by atoms with van der Waals surface area (Å²) in [5.74, 6) is 0.293. The first-order valence-electron chi connectivity index (χ1n) is 7.06. The Hall–Kier alpha value is -2.34. The first-order valence-corrected chi connectivity index (χ1v) is 7.06. The van der Waals surface area contributed by atoms with Crippen molar-refractivity contribution in [3.63, 3.8) is 0 Å². The smallest absolute Gasteiger partial charge is 0.337 e. The summed E-state index contributed by atoms with van der Waals surface area (Å²) in [5.41, 5.74) is 0.100. The van der Waals surface area contributed by atoms with Gasteiger partial charge in [-0.25, -0.2) is 4.79 Å². The zero-order chi connectivity index (χ0) is 16.1. The lowest BCUT2D eigenvalue weighted by Gasteiger charge is -2.10. The zero-order valence-electron chi connectivity index (χ0n) is 13.0. The van der Waals surface area contributed by atoms with Crippen molar-refractivity contribution in [2.45, 2.75) is 6.42 Å². The molecule has 1 aromatic carbocycles. The molecular weight excluding hydrogens is 284 g/mol. The van der Waals surface area contributed by atoms with Crippen LogP contribution >= 0.6 is 0 Å². The van der Waals surface area contributed by atoms with Crippen LogP contribution < -0.4 is 15.7 Å². The number of amides is 1. The van der Waals surface area contributed by atoms with Crippen molar-refractivity contribution >= 4 is 16.9 Å². The molecule has 2 rings (SSSR count). The second-order valence-electron chi connectivity index (χ2n) is 5.25. The van der Waals surface area contributed by atoms with Crippen LogP contribution in [0.3, 0.4) is 0 Å². The Kier molecular flexibility index (Phi) is 5.16. The van der Waals surface area contributed by atoms with Crippen LogP contribution in [0, 0.1) is 0 Å². The van der Waals surface area contributed by atoms with Crippen molar-refractivity contribution in [3.8, 4) is 5.75 Å². The highest BCUT2D eigenvalue weighted by Gasteiger charge is 2.13. The van der Waals surface area contributed by atoms with Gasteiger partial charge >= 0.3 is 5.63 Å². The van der Waals surface area contributed by atoms with Gasteiger partial charge in [-0.05, 0) is 39.2 Å². The molecule has 6 heteroatoms. The summed E-state index contributed by atoms with van der Waals surface area (Å²) >= 11 is 0. The van der Waals surface area contributed by atoms with Gasteiger partial charge in [-0.2, -0.15) is 0 Å². The monoisotopic (exact) mass is 304 g/mol. The summed E-state index contributed by atoms with van der Waals surface area (Å²) in [6, 6.07) is 6.26. The number of nitrogens with zero attached hydrogens (tertiary/aromatic N) is 1. The minimum absolute atomic E-state index is 0.276. The van der Waals surface area contributed by atoms with Crippen molar-refractivity contribution in [2.24, 2.45) is 0 Å². The number of hydrogen-bond donors (Lipinski definition) is 1. The largest absolute Gasteiger partial charge is 0.497 e. The topological polar surface area (TPSA) is 71.8 Å². The molecule has 6 nitrogen and oxygen atoms in total. The van der Waals surface area contributed by atoms with Crippen LogP contribution in [0.4, 0.5) is 0 Å². The number of benzene rings is 1. The van der Waals surface area contributed by atoms with Gasteiger partial charge in [-0.1, -0.05) is 0 Å².